The Kier molecular flexibility index (Phi) is 7.12. The molecule has 0 saturated carbocycles. The predicted molar refractivity (Wildman–Crippen MR) is 103 cm³/mol. The summed E-state index contributed by atoms with van der Waals surface area (Å²) >= 11 is 0. The third kappa shape index (κ3) is 5.03. The molecule has 0 unspecified atom stereocenters. The van der Waals surface area contributed by atoms with Crippen LogP contribution in [-0.4, -0.2) is 32.5 Å². The van der Waals surface area contributed by atoms with E-state index in [1.54, 1.807) is 30.3 Å². The second kappa shape index (κ2) is 9.31. The van der Waals surface area contributed by atoms with Crippen molar-refractivity contribution in [1.82, 2.24) is 0 Å². The van der Waals surface area contributed by atoms with Crippen molar-refractivity contribution in [3.8, 4) is 0 Å². The standard InChI is InChI=1S/C20H23NO4S/c1-2-3-14-21(18-9-5-4-6-10-18)26(24,25)20-11-7-8-17(15-20)12-13-19(23)16-22/h4-13,15,22H,2-3,14,16H2,1H3/b13-12+. The lowest BCUT2D eigenvalue weighted by Gasteiger charge is -2.24. The number of hydrogen-bond acceptors (Lipinski definition) is 4. The molecule has 0 atom stereocenters. The predicted octanol–water partition coefficient (Wildman–Crippen LogP) is 3.26. The lowest BCUT2D eigenvalue weighted by atomic mass is 10.2. The number of benzene rings is 2. The zero-order valence-electron chi connectivity index (χ0n) is 14.7. The number of nitrogens with zero attached hydrogens (tertiary/aromatic N) is 1. The first-order chi connectivity index (χ1) is 12.5. The minimum atomic E-state index is -3.73. The fraction of sp³-hybridized carbons (Fsp3) is 0.250. The van der Waals surface area contributed by atoms with Crippen LogP contribution in [0.1, 0.15) is 25.3 Å². The monoisotopic (exact) mass is 373 g/mol. The first kappa shape index (κ1) is 19.9. The van der Waals surface area contributed by atoms with Crippen LogP contribution < -0.4 is 4.31 Å². The summed E-state index contributed by atoms with van der Waals surface area (Å²) in [5, 5.41) is 8.77. The van der Waals surface area contributed by atoms with E-state index in [2.05, 4.69) is 0 Å². The molecule has 0 aromatic heterocycles. The highest BCUT2D eigenvalue weighted by Gasteiger charge is 2.24. The number of carbonyl (C=O) groups is 1. The van der Waals surface area contributed by atoms with Gasteiger partial charge in [-0.15, -0.1) is 0 Å². The molecule has 0 bridgehead atoms. The van der Waals surface area contributed by atoms with Crippen molar-refractivity contribution in [2.45, 2.75) is 24.7 Å². The molecule has 0 aliphatic rings. The van der Waals surface area contributed by atoms with Gasteiger partial charge in [-0.2, -0.15) is 0 Å². The van der Waals surface area contributed by atoms with Crippen LogP contribution in [0.4, 0.5) is 5.69 Å². The molecule has 2 aromatic rings. The summed E-state index contributed by atoms with van der Waals surface area (Å²) < 4.78 is 27.8. The summed E-state index contributed by atoms with van der Waals surface area (Å²) in [6.45, 7) is 1.83. The van der Waals surface area contributed by atoms with Crippen molar-refractivity contribution < 1.29 is 18.3 Å². The molecular weight excluding hydrogens is 350 g/mol. The highest BCUT2D eigenvalue weighted by molar-refractivity contribution is 7.92. The fourth-order valence-corrected chi connectivity index (χ4v) is 3.99. The van der Waals surface area contributed by atoms with Crippen LogP contribution in [0.2, 0.25) is 0 Å². The molecule has 1 N–H and O–H groups in total. The zero-order valence-corrected chi connectivity index (χ0v) is 15.5. The lowest BCUT2D eigenvalue weighted by molar-refractivity contribution is -0.117. The molecule has 0 amide bonds. The Morgan fingerprint density at radius 3 is 2.50 bits per heavy atom. The number of carbonyl (C=O) groups excluding carboxylic acids is 1. The van der Waals surface area contributed by atoms with E-state index in [4.69, 9.17) is 5.11 Å². The number of rotatable bonds is 9. The Morgan fingerprint density at radius 1 is 1.12 bits per heavy atom. The SMILES string of the molecule is CCCCN(c1ccccc1)S(=O)(=O)c1cccc(/C=C/C(=O)CO)c1. The Morgan fingerprint density at radius 2 is 1.85 bits per heavy atom. The topological polar surface area (TPSA) is 74.7 Å². The van der Waals surface area contributed by atoms with Crippen LogP contribution in [0, 0.1) is 0 Å². The second-order valence-electron chi connectivity index (χ2n) is 5.80. The van der Waals surface area contributed by atoms with Gasteiger partial charge in [0.1, 0.15) is 6.61 Å². The number of anilines is 1. The zero-order chi connectivity index (χ0) is 19.0. The van der Waals surface area contributed by atoms with Crippen LogP contribution in [0.3, 0.4) is 0 Å². The molecule has 0 radical (unpaired) electrons. The number of sulfonamides is 1. The largest absolute Gasteiger partial charge is 0.388 e. The van der Waals surface area contributed by atoms with Crippen LogP contribution in [0.5, 0.6) is 0 Å². The Labute approximate surface area is 154 Å². The van der Waals surface area contributed by atoms with Gasteiger partial charge in [-0.3, -0.25) is 9.10 Å². The molecule has 6 heteroatoms. The quantitative estimate of drug-likeness (QED) is 0.685. The molecule has 0 saturated heterocycles. The van der Waals surface area contributed by atoms with Gasteiger partial charge in [0.15, 0.2) is 5.78 Å². The van der Waals surface area contributed by atoms with Gasteiger partial charge in [0.25, 0.3) is 10.0 Å². The van der Waals surface area contributed by atoms with E-state index >= 15 is 0 Å². The second-order valence-corrected chi connectivity index (χ2v) is 7.66. The van der Waals surface area contributed by atoms with Gasteiger partial charge in [-0.25, -0.2) is 8.42 Å². The van der Waals surface area contributed by atoms with Crippen molar-refractivity contribution in [3.63, 3.8) is 0 Å². The average Bonchev–Trinajstić information content (AvgIpc) is 2.67. The van der Waals surface area contributed by atoms with Gasteiger partial charge in [-0.1, -0.05) is 49.8 Å². The normalized spacial score (nSPS) is 11.6. The van der Waals surface area contributed by atoms with E-state index in [9.17, 15) is 13.2 Å². The Bertz CT molecular complexity index is 860. The highest BCUT2D eigenvalue weighted by Crippen LogP contribution is 2.25. The molecule has 0 spiro atoms. The fourth-order valence-electron chi connectivity index (χ4n) is 2.43. The molecule has 0 aliphatic carbocycles. The van der Waals surface area contributed by atoms with Crippen LogP contribution >= 0.6 is 0 Å². The smallest absolute Gasteiger partial charge is 0.264 e. The van der Waals surface area contributed by atoms with Crippen LogP contribution in [-0.2, 0) is 14.8 Å². The van der Waals surface area contributed by atoms with Crippen LogP contribution in [0.15, 0.2) is 65.6 Å². The first-order valence-electron chi connectivity index (χ1n) is 8.48. The van der Waals surface area contributed by atoms with Gasteiger partial charge < -0.3 is 5.11 Å². The molecule has 5 nitrogen and oxygen atoms in total. The summed E-state index contributed by atoms with van der Waals surface area (Å²) in [4.78, 5) is 11.4. The van der Waals surface area contributed by atoms with E-state index < -0.39 is 22.4 Å². The third-order valence-corrected chi connectivity index (χ3v) is 5.65. The number of aliphatic hydroxyl groups is 1. The molecular formula is C20H23NO4S. The molecule has 26 heavy (non-hydrogen) atoms. The molecule has 138 valence electrons. The number of unbranched alkanes of at least 4 members (excludes halogenated alkanes) is 1. The Balaban J connectivity index is 2.40. The van der Waals surface area contributed by atoms with Gasteiger partial charge in [0.05, 0.1) is 10.6 Å². The van der Waals surface area contributed by atoms with Crippen molar-refractivity contribution in [2.24, 2.45) is 0 Å². The van der Waals surface area contributed by atoms with Crippen LogP contribution in [0.25, 0.3) is 6.08 Å². The van der Waals surface area contributed by atoms with E-state index in [0.29, 0.717) is 17.8 Å². The molecule has 0 fully saturated rings. The number of hydrogen-bond donors (Lipinski definition) is 1. The van der Waals surface area contributed by atoms with Crippen molar-refractivity contribution in [3.05, 3.63) is 66.2 Å². The molecule has 2 aromatic carbocycles. The summed E-state index contributed by atoms with van der Waals surface area (Å²) in [6, 6.07) is 15.4. The highest BCUT2D eigenvalue weighted by atomic mass is 32.2. The van der Waals surface area contributed by atoms with Gasteiger partial charge >= 0.3 is 0 Å². The maximum absolute atomic E-state index is 13.2. The average molecular weight is 373 g/mol. The number of ketones is 1. The lowest BCUT2D eigenvalue weighted by Crippen LogP contribution is -2.32. The number of para-hydroxylation sites is 1. The van der Waals surface area contributed by atoms with Gasteiger partial charge in [0, 0.05) is 6.54 Å². The summed E-state index contributed by atoms with van der Waals surface area (Å²) in [5.74, 6) is -0.438. The van der Waals surface area contributed by atoms with Crippen molar-refractivity contribution in [1.29, 1.82) is 0 Å². The van der Waals surface area contributed by atoms with E-state index in [0.717, 1.165) is 12.8 Å². The Hall–Kier alpha value is -2.44. The molecule has 0 aliphatic heterocycles. The van der Waals surface area contributed by atoms with Gasteiger partial charge in [-0.05, 0) is 42.3 Å². The molecule has 2 rings (SSSR count). The minimum Gasteiger partial charge on any atom is -0.388 e. The first-order valence-corrected chi connectivity index (χ1v) is 9.92. The maximum Gasteiger partial charge on any atom is 0.264 e. The summed E-state index contributed by atoms with van der Waals surface area (Å²) in [5.41, 5.74) is 1.20. The van der Waals surface area contributed by atoms with E-state index in [1.165, 1.54) is 22.5 Å². The van der Waals surface area contributed by atoms with E-state index in [1.807, 2.05) is 25.1 Å². The van der Waals surface area contributed by atoms with Crippen molar-refractivity contribution in [2.75, 3.05) is 17.5 Å². The maximum atomic E-state index is 13.2. The summed E-state index contributed by atoms with van der Waals surface area (Å²) in [6.07, 6.45) is 4.36. The summed E-state index contributed by atoms with van der Waals surface area (Å²) in [7, 11) is -3.73. The molecule has 0 heterocycles. The minimum absolute atomic E-state index is 0.163. The third-order valence-electron chi connectivity index (χ3n) is 3.82. The van der Waals surface area contributed by atoms with Crippen molar-refractivity contribution >= 4 is 27.6 Å². The van der Waals surface area contributed by atoms with E-state index in [-0.39, 0.29) is 4.90 Å². The van der Waals surface area contributed by atoms with Gasteiger partial charge in [0.2, 0.25) is 0 Å². The number of aliphatic hydroxyl groups excluding tert-OH is 1.